The Morgan fingerprint density at radius 3 is 2.66 bits per heavy atom. The van der Waals surface area contributed by atoms with Crippen molar-refractivity contribution in [1.82, 2.24) is 9.58 Å². The fourth-order valence-electron chi connectivity index (χ4n) is 4.79. The lowest BCUT2D eigenvalue weighted by atomic mass is 9.96. The van der Waals surface area contributed by atoms with Crippen LogP contribution in [0.1, 0.15) is 27.7 Å². The van der Waals surface area contributed by atoms with Crippen molar-refractivity contribution < 1.29 is 32.6 Å². The average molecular weight is 544 g/mol. The molecule has 1 saturated heterocycles. The van der Waals surface area contributed by atoms with Crippen LogP contribution in [-0.2, 0) is 9.47 Å². The second-order valence-corrected chi connectivity index (χ2v) is 9.36. The molecule has 5 rings (SSSR count). The average Bonchev–Trinajstić information content (AvgIpc) is 2.94. The van der Waals surface area contributed by atoms with Gasteiger partial charge in [-0.3, -0.25) is 19.3 Å². The van der Waals surface area contributed by atoms with Crippen LogP contribution in [0.4, 0.5) is 13.6 Å². The van der Waals surface area contributed by atoms with E-state index in [2.05, 4.69) is 4.74 Å². The van der Waals surface area contributed by atoms with Crippen LogP contribution in [0.3, 0.4) is 0 Å². The Kier molecular flexibility index (Phi) is 7.09. The van der Waals surface area contributed by atoms with E-state index in [-0.39, 0.29) is 25.5 Å². The van der Waals surface area contributed by atoms with E-state index in [1.807, 2.05) is 30.5 Å². The maximum Gasteiger partial charge on any atom is 0.513 e. The van der Waals surface area contributed by atoms with Gasteiger partial charge in [0.05, 0.1) is 26.4 Å². The van der Waals surface area contributed by atoms with Crippen molar-refractivity contribution in [3.63, 3.8) is 0 Å². The fourth-order valence-corrected chi connectivity index (χ4v) is 5.42. The Hall–Kier alpha value is -3.90. The van der Waals surface area contributed by atoms with Crippen molar-refractivity contribution >= 4 is 23.8 Å². The van der Waals surface area contributed by atoms with E-state index in [1.165, 1.54) is 33.6 Å². The lowest BCUT2D eigenvalue weighted by Gasteiger charge is -2.51. The van der Waals surface area contributed by atoms with E-state index in [0.717, 1.165) is 35.8 Å². The summed E-state index contributed by atoms with van der Waals surface area (Å²) in [6.07, 6.45) is 1.43. The number of rotatable bonds is 5. The first-order valence-corrected chi connectivity index (χ1v) is 12.8. The van der Waals surface area contributed by atoms with Crippen LogP contribution in [0.2, 0.25) is 0 Å². The third-order valence-corrected chi connectivity index (χ3v) is 7.28. The van der Waals surface area contributed by atoms with E-state index >= 15 is 0 Å². The van der Waals surface area contributed by atoms with E-state index in [9.17, 15) is 23.2 Å². The van der Waals surface area contributed by atoms with E-state index in [1.54, 1.807) is 5.01 Å². The molecule has 2 aliphatic rings. The number of morpholine rings is 1. The minimum atomic E-state index is -1.16. The van der Waals surface area contributed by atoms with Crippen LogP contribution in [0, 0.1) is 11.6 Å². The summed E-state index contributed by atoms with van der Waals surface area (Å²) in [6, 6.07) is 11.4. The van der Waals surface area contributed by atoms with Gasteiger partial charge in [-0.1, -0.05) is 24.3 Å². The van der Waals surface area contributed by atoms with Crippen molar-refractivity contribution in [2.24, 2.45) is 0 Å². The van der Waals surface area contributed by atoms with Gasteiger partial charge in [0.25, 0.3) is 5.91 Å². The zero-order valence-corrected chi connectivity index (χ0v) is 21.2. The molecule has 2 atom stereocenters. The molecule has 38 heavy (non-hydrogen) atoms. The van der Waals surface area contributed by atoms with Crippen molar-refractivity contribution in [1.29, 1.82) is 0 Å². The molecule has 12 heteroatoms. The number of halogens is 2. The topological polar surface area (TPSA) is 90.3 Å². The van der Waals surface area contributed by atoms with E-state index < -0.39 is 47.1 Å². The predicted molar refractivity (Wildman–Crippen MR) is 134 cm³/mol. The second-order valence-electron chi connectivity index (χ2n) is 8.51. The number of carbonyl (C=O) groups excluding carboxylic acids is 2. The minimum absolute atomic E-state index is 0.103. The Morgan fingerprint density at radius 1 is 1.13 bits per heavy atom. The number of methoxy groups -OCH3 is 1. The normalized spacial score (nSPS) is 17.5. The summed E-state index contributed by atoms with van der Waals surface area (Å²) in [6.45, 7) is 0.541. The van der Waals surface area contributed by atoms with Crippen LogP contribution in [-0.4, -0.2) is 60.9 Å². The van der Waals surface area contributed by atoms with Gasteiger partial charge < -0.3 is 19.1 Å². The first-order chi connectivity index (χ1) is 18.3. The monoisotopic (exact) mass is 543 g/mol. The summed E-state index contributed by atoms with van der Waals surface area (Å²) in [4.78, 5) is 40.8. The Morgan fingerprint density at radius 2 is 1.92 bits per heavy atom. The largest absolute Gasteiger partial charge is 0.513 e. The highest BCUT2D eigenvalue weighted by Gasteiger charge is 2.45. The van der Waals surface area contributed by atoms with Gasteiger partial charge in [-0.25, -0.2) is 13.6 Å². The second kappa shape index (κ2) is 10.5. The maximum absolute atomic E-state index is 14.6. The summed E-state index contributed by atoms with van der Waals surface area (Å²) in [5.74, 6) is -3.08. The van der Waals surface area contributed by atoms with Gasteiger partial charge in [-0.2, -0.15) is 0 Å². The molecule has 0 saturated carbocycles. The van der Waals surface area contributed by atoms with Crippen LogP contribution >= 0.6 is 11.8 Å². The number of benzene rings is 2. The van der Waals surface area contributed by atoms with E-state index in [4.69, 9.17) is 9.47 Å². The van der Waals surface area contributed by atoms with Crippen LogP contribution in [0.5, 0.6) is 5.75 Å². The minimum Gasteiger partial charge on any atom is -0.437 e. The number of pyridine rings is 1. The Labute approximate surface area is 220 Å². The molecule has 9 nitrogen and oxygen atoms in total. The molecule has 2 aromatic carbocycles. The number of fused-ring (bicyclic) bond motifs is 2. The number of ether oxygens (including phenoxy) is 3. The number of carbonyl (C=O) groups is 2. The molecule has 198 valence electrons. The molecule has 1 amide bonds. The molecule has 1 aromatic heterocycles. The first kappa shape index (κ1) is 25.7. The summed E-state index contributed by atoms with van der Waals surface area (Å²) in [5, 5.41) is 1.75. The lowest BCUT2D eigenvalue weighted by Crippen LogP contribution is -2.66. The standard InChI is InChI=1S/C26H23F2N3O6S/c1-35-26(34)37-24-19(32)9-10-30-23(24)25(33)29-11-12-36-14-21(29)31(30)22(15-7-8-17(27)18(28)13-15)16-5-3-4-6-20(16)38-2/h3-10,13,21-22H,11-12,14H2,1-2H3/t21-,22+/m1/s1. The predicted octanol–water partition coefficient (Wildman–Crippen LogP) is 3.53. The smallest absolute Gasteiger partial charge is 0.437 e. The van der Waals surface area contributed by atoms with Gasteiger partial charge in [0.1, 0.15) is 6.17 Å². The quantitative estimate of drug-likeness (QED) is 0.357. The van der Waals surface area contributed by atoms with Gasteiger partial charge in [-0.15, -0.1) is 11.8 Å². The lowest BCUT2D eigenvalue weighted by molar-refractivity contribution is -0.0198. The Balaban J connectivity index is 1.81. The summed E-state index contributed by atoms with van der Waals surface area (Å²) >= 11 is 1.47. The molecule has 3 heterocycles. The third kappa shape index (κ3) is 4.39. The van der Waals surface area contributed by atoms with Gasteiger partial charge in [0, 0.05) is 23.7 Å². The van der Waals surface area contributed by atoms with Crippen molar-refractivity contribution in [2.75, 3.05) is 38.1 Å². The SMILES string of the molecule is COC(=O)Oc1c2n(ccc1=O)N([C@@H](c1ccc(F)c(F)c1)c1ccccc1SC)[C@@H]1COCCN1C2=O. The van der Waals surface area contributed by atoms with Crippen molar-refractivity contribution in [2.45, 2.75) is 17.1 Å². The number of aromatic nitrogens is 1. The molecular weight excluding hydrogens is 520 g/mol. The molecule has 0 N–H and O–H groups in total. The highest BCUT2D eigenvalue weighted by Crippen LogP contribution is 2.39. The van der Waals surface area contributed by atoms with E-state index in [0.29, 0.717) is 5.56 Å². The first-order valence-electron chi connectivity index (χ1n) is 11.6. The molecule has 0 aliphatic carbocycles. The van der Waals surface area contributed by atoms with Gasteiger partial charge in [0.2, 0.25) is 11.2 Å². The van der Waals surface area contributed by atoms with Crippen LogP contribution < -0.4 is 15.2 Å². The molecule has 0 bridgehead atoms. The van der Waals surface area contributed by atoms with Crippen LogP contribution in [0.15, 0.2) is 64.4 Å². The summed E-state index contributed by atoms with van der Waals surface area (Å²) in [5.41, 5.74) is 0.238. The van der Waals surface area contributed by atoms with Gasteiger partial charge in [0.15, 0.2) is 17.3 Å². The third-order valence-electron chi connectivity index (χ3n) is 6.47. The number of thioether (sulfide) groups is 1. The number of nitrogens with zero attached hydrogens (tertiary/aromatic N) is 3. The zero-order valence-electron chi connectivity index (χ0n) is 20.4. The fraction of sp³-hybridized carbons (Fsp3) is 0.269. The van der Waals surface area contributed by atoms with Crippen molar-refractivity contribution in [3.8, 4) is 5.75 Å². The Bertz CT molecular complexity index is 1470. The molecule has 0 unspecified atom stereocenters. The maximum atomic E-state index is 14.6. The highest BCUT2D eigenvalue weighted by molar-refractivity contribution is 7.98. The molecule has 2 aliphatic heterocycles. The zero-order chi connectivity index (χ0) is 27.0. The van der Waals surface area contributed by atoms with Gasteiger partial charge in [-0.05, 0) is 35.6 Å². The molecule has 3 aromatic rings. The highest BCUT2D eigenvalue weighted by atomic mass is 32.2. The molecule has 0 radical (unpaired) electrons. The number of amides is 1. The summed E-state index contributed by atoms with van der Waals surface area (Å²) in [7, 11) is 1.08. The molecular formula is C26H23F2N3O6S. The number of hydrogen-bond donors (Lipinski definition) is 0. The molecule has 1 fully saturated rings. The summed E-state index contributed by atoms with van der Waals surface area (Å²) < 4.78 is 45.4. The van der Waals surface area contributed by atoms with Gasteiger partial charge >= 0.3 is 6.16 Å². The van der Waals surface area contributed by atoms with Crippen molar-refractivity contribution in [3.05, 3.63) is 93.4 Å². The number of hydrogen-bond acceptors (Lipinski definition) is 8. The van der Waals surface area contributed by atoms with Crippen LogP contribution in [0.25, 0.3) is 0 Å². The molecule has 0 spiro atoms.